The van der Waals surface area contributed by atoms with Gasteiger partial charge in [-0.25, -0.2) is 0 Å². The van der Waals surface area contributed by atoms with Crippen LogP contribution in [0.15, 0.2) is 54.6 Å². The van der Waals surface area contributed by atoms with E-state index >= 15 is 0 Å². The predicted molar refractivity (Wildman–Crippen MR) is 88.6 cm³/mol. The van der Waals surface area contributed by atoms with Crippen LogP contribution in [-0.2, 0) is 0 Å². The van der Waals surface area contributed by atoms with Crippen LogP contribution in [0.5, 0.6) is 0 Å². The van der Waals surface area contributed by atoms with Crippen LogP contribution in [0.25, 0.3) is 0 Å². The minimum atomic E-state index is -0.490. The molecule has 2 rings (SSSR count). The number of halogens is 2. The summed E-state index contributed by atoms with van der Waals surface area (Å²) in [6.45, 7) is 0. The lowest BCUT2D eigenvalue weighted by molar-refractivity contribution is 0.0817. The molecule has 2 aromatic carbocycles. The zero-order valence-electron chi connectivity index (χ0n) is 11.3. The zero-order valence-corrected chi connectivity index (χ0v) is 13.6. The monoisotopic (exact) mass is 364 g/mol. The van der Waals surface area contributed by atoms with Crippen LogP contribution in [0.1, 0.15) is 37.5 Å². The van der Waals surface area contributed by atoms with Gasteiger partial charge in [-0.15, -0.1) is 11.6 Å². The Morgan fingerprint density at radius 3 is 1.95 bits per heavy atom. The Hall–Kier alpha value is -1.45. The topological polar surface area (TPSA) is 34.1 Å². The first-order valence-electron chi connectivity index (χ1n) is 6.57. The molecule has 2 aromatic rings. The molecule has 0 saturated carbocycles. The van der Waals surface area contributed by atoms with E-state index in [9.17, 15) is 9.59 Å². The molecular formula is C17H14BrClO2. The molecule has 0 fully saturated rings. The van der Waals surface area contributed by atoms with Gasteiger partial charge in [-0.3, -0.25) is 9.59 Å². The number of ketones is 2. The van der Waals surface area contributed by atoms with E-state index in [1.165, 1.54) is 0 Å². The third-order valence-corrected chi connectivity index (χ3v) is 4.34. The van der Waals surface area contributed by atoms with E-state index in [4.69, 9.17) is 11.6 Å². The fourth-order valence-electron chi connectivity index (χ4n) is 1.96. The molecule has 2 nitrogen and oxygen atoms in total. The van der Waals surface area contributed by atoms with Crippen LogP contribution >= 0.6 is 27.5 Å². The summed E-state index contributed by atoms with van der Waals surface area (Å²) >= 11 is 9.25. The quantitative estimate of drug-likeness (QED) is 0.418. The Labute approximate surface area is 137 Å². The SMILES string of the molecule is O=C(C(=O)c1ccc(C(Br)CCCl)cc1)c1ccccc1. The Balaban J connectivity index is 2.15. The van der Waals surface area contributed by atoms with Crippen molar-refractivity contribution >= 4 is 39.1 Å². The molecule has 0 aliphatic carbocycles. The Morgan fingerprint density at radius 2 is 1.43 bits per heavy atom. The van der Waals surface area contributed by atoms with Gasteiger partial charge in [-0.2, -0.15) is 0 Å². The molecular weight excluding hydrogens is 352 g/mol. The van der Waals surface area contributed by atoms with Crippen molar-refractivity contribution < 1.29 is 9.59 Å². The average Bonchev–Trinajstić information content (AvgIpc) is 2.54. The summed E-state index contributed by atoms with van der Waals surface area (Å²) in [5.74, 6) is -0.418. The molecule has 1 atom stereocenters. The van der Waals surface area contributed by atoms with Crippen LogP contribution in [-0.4, -0.2) is 17.4 Å². The van der Waals surface area contributed by atoms with E-state index in [-0.39, 0.29) is 4.83 Å². The predicted octanol–water partition coefficient (Wildman–Crippen LogP) is 4.82. The van der Waals surface area contributed by atoms with Crippen molar-refractivity contribution in [2.75, 3.05) is 5.88 Å². The van der Waals surface area contributed by atoms with Crippen molar-refractivity contribution in [3.05, 3.63) is 71.3 Å². The first-order chi connectivity index (χ1) is 10.1. The van der Waals surface area contributed by atoms with E-state index in [2.05, 4.69) is 15.9 Å². The fraction of sp³-hybridized carbons (Fsp3) is 0.176. The number of alkyl halides is 2. The number of carbonyl (C=O) groups is 2. The van der Waals surface area contributed by atoms with Crippen LogP contribution in [0.4, 0.5) is 0 Å². The summed E-state index contributed by atoms with van der Waals surface area (Å²) in [6, 6.07) is 15.6. The zero-order chi connectivity index (χ0) is 15.2. The van der Waals surface area contributed by atoms with Gasteiger partial charge in [0.25, 0.3) is 0 Å². The molecule has 0 aromatic heterocycles. The van der Waals surface area contributed by atoms with Crippen molar-refractivity contribution in [3.63, 3.8) is 0 Å². The second-order valence-corrected chi connectivity index (χ2v) is 6.07. The van der Waals surface area contributed by atoms with Gasteiger partial charge >= 0.3 is 0 Å². The smallest absolute Gasteiger partial charge is 0.233 e. The van der Waals surface area contributed by atoms with Gasteiger partial charge in [-0.1, -0.05) is 70.5 Å². The van der Waals surface area contributed by atoms with Crippen molar-refractivity contribution in [2.24, 2.45) is 0 Å². The summed E-state index contributed by atoms with van der Waals surface area (Å²) < 4.78 is 0. The molecule has 0 saturated heterocycles. The summed E-state index contributed by atoms with van der Waals surface area (Å²) in [5.41, 5.74) is 1.85. The second-order valence-electron chi connectivity index (χ2n) is 4.59. The molecule has 108 valence electrons. The lowest BCUT2D eigenvalue weighted by Gasteiger charge is -2.08. The molecule has 0 aliphatic heterocycles. The lowest BCUT2D eigenvalue weighted by atomic mass is 10.00. The van der Waals surface area contributed by atoms with Gasteiger partial charge in [0.1, 0.15) is 0 Å². The maximum Gasteiger partial charge on any atom is 0.233 e. The van der Waals surface area contributed by atoms with Crippen molar-refractivity contribution in [2.45, 2.75) is 11.2 Å². The summed E-state index contributed by atoms with van der Waals surface area (Å²) in [7, 11) is 0. The first-order valence-corrected chi connectivity index (χ1v) is 8.02. The van der Waals surface area contributed by atoms with Gasteiger partial charge < -0.3 is 0 Å². The largest absolute Gasteiger partial charge is 0.285 e. The molecule has 0 aliphatic rings. The lowest BCUT2D eigenvalue weighted by Crippen LogP contribution is -2.14. The van der Waals surface area contributed by atoms with Crippen LogP contribution in [0.3, 0.4) is 0 Å². The standard InChI is InChI=1S/C17H14BrClO2/c18-15(10-11-19)12-6-8-14(9-7-12)17(21)16(20)13-4-2-1-3-5-13/h1-9,15H,10-11H2. The van der Waals surface area contributed by atoms with E-state index < -0.39 is 11.6 Å². The van der Waals surface area contributed by atoms with E-state index in [0.717, 1.165) is 12.0 Å². The maximum absolute atomic E-state index is 12.2. The maximum atomic E-state index is 12.2. The first kappa shape index (κ1) is 15.9. The summed E-state index contributed by atoms with van der Waals surface area (Å²) in [4.78, 5) is 24.4. The highest BCUT2D eigenvalue weighted by Crippen LogP contribution is 2.27. The number of rotatable bonds is 6. The third-order valence-electron chi connectivity index (χ3n) is 3.14. The number of hydrogen-bond acceptors (Lipinski definition) is 2. The average molecular weight is 366 g/mol. The molecule has 0 amide bonds. The van der Waals surface area contributed by atoms with Gasteiger partial charge in [0.2, 0.25) is 11.6 Å². The number of carbonyl (C=O) groups excluding carboxylic acids is 2. The van der Waals surface area contributed by atoms with Crippen molar-refractivity contribution in [1.29, 1.82) is 0 Å². The van der Waals surface area contributed by atoms with Gasteiger partial charge in [0.15, 0.2) is 0 Å². The van der Waals surface area contributed by atoms with E-state index in [1.54, 1.807) is 36.4 Å². The molecule has 1 unspecified atom stereocenters. The van der Waals surface area contributed by atoms with Gasteiger partial charge in [-0.05, 0) is 12.0 Å². The fourth-order valence-corrected chi connectivity index (χ4v) is 2.97. The molecule has 0 radical (unpaired) electrons. The molecule has 0 spiro atoms. The van der Waals surface area contributed by atoms with Crippen molar-refractivity contribution in [1.82, 2.24) is 0 Å². The van der Waals surface area contributed by atoms with Crippen molar-refractivity contribution in [3.8, 4) is 0 Å². The van der Waals surface area contributed by atoms with Crippen LogP contribution in [0, 0.1) is 0 Å². The number of hydrogen-bond donors (Lipinski definition) is 0. The molecule has 0 bridgehead atoms. The minimum Gasteiger partial charge on any atom is -0.285 e. The highest BCUT2D eigenvalue weighted by atomic mass is 79.9. The minimum absolute atomic E-state index is 0.156. The third kappa shape index (κ3) is 4.02. The molecule has 21 heavy (non-hydrogen) atoms. The highest BCUT2D eigenvalue weighted by Gasteiger charge is 2.18. The Kier molecular flexibility index (Phi) is 5.71. The molecule has 0 heterocycles. The number of Topliss-reactive ketones (excluding diaryl/α,β-unsaturated/α-hetero) is 2. The summed E-state index contributed by atoms with van der Waals surface area (Å²) in [5, 5.41) is 0. The van der Waals surface area contributed by atoms with Gasteiger partial charge in [0, 0.05) is 21.8 Å². The normalized spacial score (nSPS) is 11.9. The molecule has 4 heteroatoms. The van der Waals surface area contributed by atoms with E-state index in [1.807, 2.05) is 18.2 Å². The number of benzene rings is 2. The van der Waals surface area contributed by atoms with Crippen LogP contribution in [0.2, 0.25) is 0 Å². The Morgan fingerprint density at radius 1 is 0.905 bits per heavy atom. The Bertz CT molecular complexity index is 623. The van der Waals surface area contributed by atoms with Crippen LogP contribution < -0.4 is 0 Å². The highest BCUT2D eigenvalue weighted by molar-refractivity contribution is 9.09. The van der Waals surface area contributed by atoms with E-state index in [0.29, 0.717) is 17.0 Å². The molecule has 0 N–H and O–H groups in total. The second kappa shape index (κ2) is 7.53. The summed E-state index contributed by atoms with van der Waals surface area (Å²) in [6.07, 6.45) is 0.803. The van der Waals surface area contributed by atoms with Gasteiger partial charge in [0.05, 0.1) is 0 Å².